The lowest BCUT2D eigenvalue weighted by atomic mass is 10.1. The van der Waals surface area contributed by atoms with Crippen LogP contribution in [0.2, 0.25) is 5.02 Å². The van der Waals surface area contributed by atoms with Gasteiger partial charge in [0.15, 0.2) is 0 Å². The van der Waals surface area contributed by atoms with Crippen LogP contribution in [0, 0.1) is 0 Å². The number of hydrogen-bond donors (Lipinski definition) is 2. The third kappa shape index (κ3) is 4.05. The van der Waals surface area contributed by atoms with Gasteiger partial charge in [0.05, 0.1) is 17.7 Å². The number of aliphatic hydroxyl groups is 1. The summed E-state index contributed by atoms with van der Waals surface area (Å²) in [7, 11) is 0. The Morgan fingerprint density at radius 1 is 1.16 bits per heavy atom. The minimum Gasteiger partial charge on any atom is -0.394 e. The van der Waals surface area contributed by atoms with Gasteiger partial charge in [0, 0.05) is 11.0 Å². The highest BCUT2D eigenvalue weighted by atomic mass is 79.9. The van der Waals surface area contributed by atoms with E-state index in [2.05, 4.69) is 21.2 Å². The van der Waals surface area contributed by atoms with Crippen molar-refractivity contribution in [2.24, 2.45) is 0 Å². The summed E-state index contributed by atoms with van der Waals surface area (Å²) >= 11 is 9.42. The van der Waals surface area contributed by atoms with Crippen molar-refractivity contribution < 1.29 is 5.11 Å². The standard InChI is InChI=1S/C15H15BrClNO/c16-13-7-6-11(8-14(13)17)9-18-15(10-19)12-4-2-1-3-5-12/h1-8,15,18-19H,9-10H2/t15-/m1/s1. The van der Waals surface area contributed by atoms with Crippen LogP contribution in [0.5, 0.6) is 0 Å². The van der Waals surface area contributed by atoms with E-state index in [1.54, 1.807) is 0 Å². The highest BCUT2D eigenvalue weighted by molar-refractivity contribution is 9.10. The SMILES string of the molecule is OC[C@@H](NCc1ccc(Br)c(Cl)c1)c1ccccc1. The molecule has 4 heteroatoms. The van der Waals surface area contributed by atoms with E-state index in [-0.39, 0.29) is 12.6 Å². The average Bonchev–Trinajstić information content (AvgIpc) is 2.44. The largest absolute Gasteiger partial charge is 0.394 e. The molecule has 0 unspecified atom stereocenters. The monoisotopic (exact) mass is 339 g/mol. The molecule has 0 radical (unpaired) electrons. The van der Waals surface area contributed by atoms with Crippen molar-refractivity contribution in [1.29, 1.82) is 0 Å². The molecule has 1 atom stereocenters. The predicted molar refractivity (Wildman–Crippen MR) is 82.3 cm³/mol. The number of halogens is 2. The molecule has 0 heterocycles. The lowest BCUT2D eigenvalue weighted by Gasteiger charge is -2.17. The summed E-state index contributed by atoms with van der Waals surface area (Å²) in [6.45, 7) is 0.724. The van der Waals surface area contributed by atoms with Gasteiger partial charge in [-0.2, -0.15) is 0 Å². The summed E-state index contributed by atoms with van der Waals surface area (Å²) < 4.78 is 0.889. The van der Waals surface area contributed by atoms with E-state index in [4.69, 9.17) is 11.6 Å². The molecule has 19 heavy (non-hydrogen) atoms. The first-order valence-corrected chi connectivity index (χ1v) is 7.21. The number of hydrogen-bond acceptors (Lipinski definition) is 2. The maximum Gasteiger partial charge on any atom is 0.0626 e. The van der Waals surface area contributed by atoms with Gasteiger partial charge in [0.1, 0.15) is 0 Å². The molecule has 2 aromatic carbocycles. The maximum absolute atomic E-state index is 9.46. The van der Waals surface area contributed by atoms with Gasteiger partial charge in [0.25, 0.3) is 0 Å². The molecule has 2 nitrogen and oxygen atoms in total. The molecule has 0 aromatic heterocycles. The molecule has 0 aliphatic rings. The molecule has 0 aliphatic carbocycles. The van der Waals surface area contributed by atoms with Crippen molar-refractivity contribution in [3.8, 4) is 0 Å². The van der Waals surface area contributed by atoms with E-state index in [9.17, 15) is 5.11 Å². The maximum atomic E-state index is 9.46. The third-order valence-electron chi connectivity index (χ3n) is 2.92. The molecule has 0 fully saturated rings. The van der Waals surface area contributed by atoms with Gasteiger partial charge in [-0.05, 0) is 39.2 Å². The Hall–Kier alpha value is -0.870. The third-order valence-corrected chi connectivity index (χ3v) is 4.15. The Kier molecular flexibility index (Phi) is 5.40. The summed E-state index contributed by atoms with van der Waals surface area (Å²) in [5, 5.41) is 13.5. The first-order chi connectivity index (χ1) is 9.20. The van der Waals surface area contributed by atoms with Crippen LogP contribution in [0.15, 0.2) is 53.0 Å². The van der Waals surface area contributed by atoms with Crippen LogP contribution in [-0.2, 0) is 6.54 Å². The lowest BCUT2D eigenvalue weighted by Crippen LogP contribution is -2.23. The van der Waals surface area contributed by atoms with Crippen LogP contribution < -0.4 is 5.32 Å². The van der Waals surface area contributed by atoms with Gasteiger partial charge < -0.3 is 10.4 Å². The smallest absolute Gasteiger partial charge is 0.0626 e. The molecular weight excluding hydrogens is 326 g/mol. The second kappa shape index (κ2) is 7.06. The highest BCUT2D eigenvalue weighted by Gasteiger charge is 2.09. The first-order valence-electron chi connectivity index (χ1n) is 6.04. The second-order valence-corrected chi connectivity index (χ2v) is 5.54. The number of aliphatic hydroxyl groups excluding tert-OH is 1. The molecule has 0 bridgehead atoms. The molecule has 2 aromatic rings. The van der Waals surface area contributed by atoms with Crippen molar-refractivity contribution in [1.82, 2.24) is 5.32 Å². The topological polar surface area (TPSA) is 32.3 Å². The number of nitrogens with one attached hydrogen (secondary N) is 1. The van der Waals surface area contributed by atoms with Gasteiger partial charge in [-0.25, -0.2) is 0 Å². The molecule has 100 valence electrons. The van der Waals surface area contributed by atoms with E-state index in [1.807, 2.05) is 48.5 Å². The fourth-order valence-corrected chi connectivity index (χ4v) is 2.31. The molecule has 0 aliphatic heterocycles. The zero-order valence-electron chi connectivity index (χ0n) is 10.3. The van der Waals surface area contributed by atoms with Crippen molar-refractivity contribution in [2.45, 2.75) is 12.6 Å². The molecule has 2 rings (SSSR count). The Morgan fingerprint density at radius 2 is 1.89 bits per heavy atom. The lowest BCUT2D eigenvalue weighted by molar-refractivity contribution is 0.243. The van der Waals surface area contributed by atoms with Crippen LogP contribution >= 0.6 is 27.5 Å². The summed E-state index contributed by atoms with van der Waals surface area (Å²) in [6, 6.07) is 15.7. The molecular formula is C15H15BrClNO. The van der Waals surface area contributed by atoms with E-state index in [0.29, 0.717) is 11.6 Å². The minimum atomic E-state index is -0.0661. The van der Waals surface area contributed by atoms with Crippen LogP contribution in [0.1, 0.15) is 17.2 Å². The van der Waals surface area contributed by atoms with Crippen LogP contribution in [-0.4, -0.2) is 11.7 Å². The van der Waals surface area contributed by atoms with Crippen molar-refractivity contribution in [3.63, 3.8) is 0 Å². The van der Waals surface area contributed by atoms with E-state index in [1.165, 1.54) is 0 Å². The first kappa shape index (κ1) is 14.5. The van der Waals surface area contributed by atoms with Gasteiger partial charge >= 0.3 is 0 Å². The average molecular weight is 341 g/mol. The fourth-order valence-electron chi connectivity index (χ4n) is 1.86. The number of rotatable bonds is 5. The molecule has 0 saturated heterocycles. The zero-order chi connectivity index (χ0) is 13.7. The molecule has 0 amide bonds. The van der Waals surface area contributed by atoms with Gasteiger partial charge in [-0.1, -0.05) is 48.0 Å². The minimum absolute atomic E-state index is 0.0638. The zero-order valence-corrected chi connectivity index (χ0v) is 12.7. The Balaban J connectivity index is 2.02. The Bertz CT molecular complexity index is 533. The van der Waals surface area contributed by atoms with E-state index < -0.39 is 0 Å². The fraction of sp³-hybridized carbons (Fsp3) is 0.200. The second-order valence-electron chi connectivity index (χ2n) is 4.28. The van der Waals surface area contributed by atoms with Crippen LogP contribution in [0.3, 0.4) is 0 Å². The van der Waals surface area contributed by atoms with Crippen molar-refractivity contribution in [3.05, 3.63) is 69.2 Å². The normalized spacial score (nSPS) is 12.4. The number of benzene rings is 2. The van der Waals surface area contributed by atoms with Crippen molar-refractivity contribution in [2.75, 3.05) is 6.61 Å². The summed E-state index contributed by atoms with van der Waals surface area (Å²) in [4.78, 5) is 0. The van der Waals surface area contributed by atoms with Gasteiger partial charge in [-0.3, -0.25) is 0 Å². The highest BCUT2D eigenvalue weighted by Crippen LogP contribution is 2.23. The van der Waals surface area contributed by atoms with Crippen LogP contribution in [0.25, 0.3) is 0 Å². The van der Waals surface area contributed by atoms with Crippen LogP contribution in [0.4, 0.5) is 0 Å². The predicted octanol–water partition coefficient (Wildman–Crippen LogP) is 3.93. The van der Waals surface area contributed by atoms with E-state index >= 15 is 0 Å². The summed E-state index contributed by atoms with van der Waals surface area (Å²) in [5.74, 6) is 0. The Morgan fingerprint density at radius 3 is 2.53 bits per heavy atom. The Labute approximate surface area is 126 Å². The van der Waals surface area contributed by atoms with Gasteiger partial charge in [-0.15, -0.1) is 0 Å². The molecule has 2 N–H and O–H groups in total. The summed E-state index contributed by atoms with van der Waals surface area (Å²) in [5.41, 5.74) is 2.16. The quantitative estimate of drug-likeness (QED) is 0.864. The summed E-state index contributed by atoms with van der Waals surface area (Å²) in [6.07, 6.45) is 0. The van der Waals surface area contributed by atoms with E-state index in [0.717, 1.165) is 15.6 Å². The molecule has 0 saturated carbocycles. The molecule has 0 spiro atoms. The van der Waals surface area contributed by atoms with Gasteiger partial charge in [0.2, 0.25) is 0 Å². The van der Waals surface area contributed by atoms with Crippen molar-refractivity contribution >= 4 is 27.5 Å².